The number of sulfonamides is 1. The van der Waals surface area contributed by atoms with Crippen LogP contribution in [0.25, 0.3) is 0 Å². The van der Waals surface area contributed by atoms with Gasteiger partial charge in [0.05, 0.1) is 4.90 Å². The molecule has 0 radical (unpaired) electrons. The number of amides is 1. The van der Waals surface area contributed by atoms with Gasteiger partial charge < -0.3 is 9.64 Å². The van der Waals surface area contributed by atoms with E-state index in [1.165, 1.54) is 7.11 Å². The molecule has 0 aliphatic carbocycles. The van der Waals surface area contributed by atoms with Crippen molar-refractivity contribution in [3.05, 3.63) is 30.3 Å². The van der Waals surface area contributed by atoms with Gasteiger partial charge >= 0.3 is 0 Å². The first-order valence-electron chi connectivity index (χ1n) is 7.33. The van der Waals surface area contributed by atoms with Gasteiger partial charge in [0.25, 0.3) is 5.91 Å². The van der Waals surface area contributed by atoms with Crippen molar-refractivity contribution >= 4 is 15.9 Å². The number of nitrogens with zero attached hydrogens (tertiary/aromatic N) is 1. The molecule has 0 spiro atoms. The fourth-order valence-electron chi connectivity index (χ4n) is 2.46. The molecule has 1 aliphatic heterocycles. The van der Waals surface area contributed by atoms with Crippen molar-refractivity contribution < 1.29 is 17.9 Å². The summed E-state index contributed by atoms with van der Waals surface area (Å²) in [6.45, 7) is 2.79. The number of hydrogen-bond acceptors (Lipinski definition) is 4. The van der Waals surface area contributed by atoms with E-state index in [0.717, 1.165) is 0 Å². The van der Waals surface area contributed by atoms with Gasteiger partial charge in [0.2, 0.25) is 10.0 Å². The lowest BCUT2D eigenvalue weighted by molar-refractivity contribution is -0.142. The normalized spacial score (nSPS) is 18.2. The van der Waals surface area contributed by atoms with Crippen LogP contribution in [-0.2, 0) is 19.6 Å². The molecule has 0 saturated carbocycles. The van der Waals surface area contributed by atoms with Gasteiger partial charge in [0.15, 0.2) is 0 Å². The molecule has 1 aromatic rings. The summed E-state index contributed by atoms with van der Waals surface area (Å²) in [6, 6.07) is 8.17. The summed E-state index contributed by atoms with van der Waals surface area (Å²) in [5.41, 5.74) is 0. The largest absolute Gasteiger partial charge is 0.372 e. The molecule has 1 unspecified atom stereocenters. The lowest BCUT2D eigenvalue weighted by Gasteiger charge is -2.33. The molecule has 6 nitrogen and oxygen atoms in total. The highest BCUT2D eigenvalue weighted by molar-refractivity contribution is 7.89. The number of carbonyl (C=O) groups is 1. The molecule has 1 aromatic carbocycles. The second-order valence-corrected chi connectivity index (χ2v) is 7.13. The lowest BCUT2D eigenvalue weighted by Crippen LogP contribution is -2.48. The summed E-state index contributed by atoms with van der Waals surface area (Å²) in [7, 11) is -1.99. The van der Waals surface area contributed by atoms with Crippen LogP contribution in [0, 0.1) is 0 Å². The molecule has 7 heteroatoms. The molecule has 1 fully saturated rings. The number of rotatable bonds is 5. The van der Waals surface area contributed by atoms with Crippen LogP contribution < -0.4 is 4.72 Å². The summed E-state index contributed by atoms with van der Waals surface area (Å²) < 4.78 is 32.3. The van der Waals surface area contributed by atoms with Gasteiger partial charge in [-0.15, -0.1) is 0 Å². The second kappa shape index (κ2) is 7.21. The van der Waals surface area contributed by atoms with Crippen LogP contribution in [0.2, 0.25) is 0 Å². The number of carbonyl (C=O) groups excluding carboxylic acids is 1. The molecule has 22 heavy (non-hydrogen) atoms. The Kier molecular flexibility index (Phi) is 5.55. The minimum atomic E-state index is -3.50. The third-order valence-corrected chi connectivity index (χ3v) is 5.42. The van der Waals surface area contributed by atoms with Crippen LogP contribution >= 0.6 is 0 Å². The zero-order valence-corrected chi connectivity index (χ0v) is 13.7. The van der Waals surface area contributed by atoms with Crippen molar-refractivity contribution in [2.24, 2.45) is 0 Å². The summed E-state index contributed by atoms with van der Waals surface area (Å²) >= 11 is 0. The predicted octanol–water partition coefficient (Wildman–Crippen LogP) is 0.991. The van der Waals surface area contributed by atoms with Crippen LogP contribution in [0.5, 0.6) is 0 Å². The summed E-state index contributed by atoms with van der Waals surface area (Å²) in [6.07, 6.45) is 0.750. The average Bonchev–Trinajstić information content (AvgIpc) is 2.54. The zero-order chi connectivity index (χ0) is 16.2. The van der Waals surface area contributed by atoms with E-state index in [1.807, 2.05) is 0 Å². The number of nitrogens with one attached hydrogen (secondary N) is 1. The van der Waals surface area contributed by atoms with Gasteiger partial charge in [-0.3, -0.25) is 4.79 Å². The van der Waals surface area contributed by atoms with Crippen LogP contribution in [0.4, 0.5) is 0 Å². The Labute approximate surface area is 131 Å². The maximum Gasteiger partial charge on any atom is 0.251 e. The average molecular weight is 326 g/mol. The highest BCUT2D eigenvalue weighted by Gasteiger charge is 2.28. The fraction of sp³-hybridized carbons (Fsp3) is 0.533. The quantitative estimate of drug-likeness (QED) is 0.875. The molecule has 0 bridgehead atoms. The van der Waals surface area contributed by atoms with Crippen molar-refractivity contribution in [2.75, 3.05) is 20.2 Å². The molecule has 0 aromatic heterocycles. The minimum Gasteiger partial charge on any atom is -0.372 e. The van der Waals surface area contributed by atoms with E-state index in [2.05, 4.69) is 4.72 Å². The van der Waals surface area contributed by atoms with E-state index in [4.69, 9.17) is 4.74 Å². The van der Waals surface area contributed by atoms with E-state index in [1.54, 1.807) is 42.2 Å². The van der Waals surface area contributed by atoms with Crippen LogP contribution in [0.1, 0.15) is 19.8 Å². The highest BCUT2D eigenvalue weighted by Crippen LogP contribution is 2.15. The molecule has 122 valence electrons. The Hall–Kier alpha value is -1.44. The topological polar surface area (TPSA) is 75.7 Å². The first kappa shape index (κ1) is 16.9. The first-order chi connectivity index (χ1) is 10.4. The van der Waals surface area contributed by atoms with Crippen LogP contribution in [-0.4, -0.2) is 51.6 Å². The number of ether oxygens (including phenoxy) is 1. The Bertz CT molecular complexity index is 595. The smallest absolute Gasteiger partial charge is 0.251 e. The first-order valence-corrected chi connectivity index (χ1v) is 8.81. The van der Waals surface area contributed by atoms with E-state index >= 15 is 0 Å². The van der Waals surface area contributed by atoms with Gasteiger partial charge in [0.1, 0.15) is 6.10 Å². The zero-order valence-electron chi connectivity index (χ0n) is 12.9. The van der Waals surface area contributed by atoms with Crippen molar-refractivity contribution in [1.82, 2.24) is 9.62 Å². The highest BCUT2D eigenvalue weighted by atomic mass is 32.2. The van der Waals surface area contributed by atoms with E-state index < -0.39 is 16.1 Å². The fourth-order valence-corrected chi connectivity index (χ4v) is 3.79. The maximum atomic E-state index is 12.3. The molecule has 1 heterocycles. The second-order valence-electron chi connectivity index (χ2n) is 5.41. The standard InChI is InChI=1S/C15H22N2O4S/c1-12(21-2)15(18)17-10-8-13(9-11-17)16-22(19,20)14-6-4-3-5-7-14/h3-7,12-13,16H,8-11H2,1-2H3. The molecular weight excluding hydrogens is 304 g/mol. The monoisotopic (exact) mass is 326 g/mol. The summed E-state index contributed by atoms with van der Waals surface area (Å²) in [5.74, 6) is -0.0492. The van der Waals surface area contributed by atoms with E-state index in [0.29, 0.717) is 25.9 Å². The van der Waals surface area contributed by atoms with Crippen molar-refractivity contribution in [1.29, 1.82) is 0 Å². The van der Waals surface area contributed by atoms with Gasteiger partial charge in [-0.2, -0.15) is 0 Å². The number of methoxy groups -OCH3 is 1. The lowest BCUT2D eigenvalue weighted by atomic mass is 10.1. The Morgan fingerprint density at radius 1 is 1.27 bits per heavy atom. The van der Waals surface area contributed by atoms with Gasteiger partial charge in [-0.05, 0) is 31.9 Å². The molecule has 1 saturated heterocycles. The van der Waals surface area contributed by atoms with Gasteiger partial charge in [-0.25, -0.2) is 13.1 Å². The third-order valence-electron chi connectivity index (χ3n) is 3.88. The summed E-state index contributed by atoms with van der Waals surface area (Å²) in [4.78, 5) is 14.0. The minimum absolute atomic E-state index is 0.0492. The molecule has 1 atom stereocenters. The third kappa shape index (κ3) is 4.06. The summed E-state index contributed by atoms with van der Waals surface area (Å²) in [5, 5.41) is 0. The van der Waals surface area contributed by atoms with Crippen molar-refractivity contribution in [2.45, 2.75) is 36.8 Å². The Morgan fingerprint density at radius 3 is 2.41 bits per heavy atom. The van der Waals surface area contributed by atoms with Gasteiger partial charge in [-0.1, -0.05) is 18.2 Å². The van der Waals surface area contributed by atoms with E-state index in [9.17, 15) is 13.2 Å². The predicted molar refractivity (Wildman–Crippen MR) is 82.8 cm³/mol. The van der Waals surface area contributed by atoms with Crippen molar-refractivity contribution in [3.8, 4) is 0 Å². The van der Waals surface area contributed by atoms with Crippen LogP contribution in [0.3, 0.4) is 0 Å². The number of likely N-dealkylation sites (tertiary alicyclic amines) is 1. The SMILES string of the molecule is COC(C)C(=O)N1CCC(NS(=O)(=O)c2ccccc2)CC1. The van der Waals surface area contributed by atoms with Crippen molar-refractivity contribution in [3.63, 3.8) is 0 Å². The number of benzene rings is 1. The molecule has 1 aliphatic rings. The number of piperidine rings is 1. The van der Waals surface area contributed by atoms with Crippen LogP contribution in [0.15, 0.2) is 35.2 Å². The maximum absolute atomic E-state index is 12.3. The Morgan fingerprint density at radius 2 is 1.86 bits per heavy atom. The molecular formula is C15H22N2O4S. The number of hydrogen-bond donors (Lipinski definition) is 1. The Balaban J connectivity index is 1.92. The van der Waals surface area contributed by atoms with E-state index in [-0.39, 0.29) is 16.8 Å². The van der Waals surface area contributed by atoms with Gasteiger partial charge in [0, 0.05) is 26.2 Å². The molecule has 2 rings (SSSR count). The molecule has 1 amide bonds. The molecule has 1 N–H and O–H groups in total.